The highest BCUT2D eigenvalue weighted by molar-refractivity contribution is 14.0. The summed E-state index contributed by atoms with van der Waals surface area (Å²) in [4.78, 5) is 16.0. The number of halogens is 1. The van der Waals surface area contributed by atoms with Gasteiger partial charge in [-0.05, 0) is 33.6 Å². The number of hydrogen-bond acceptors (Lipinski definition) is 3. The molecule has 0 radical (unpaired) electrons. The van der Waals surface area contributed by atoms with Gasteiger partial charge in [0.05, 0.1) is 12.6 Å². The fourth-order valence-corrected chi connectivity index (χ4v) is 2.01. The van der Waals surface area contributed by atoms with Crippen LogP contribution in [0, 0.1) is 0 Å². The molecular formula is C14H29IN4O2. The SMILES string of the molecule is CCNC(=NCC1CCCO1)NCCC(=O)NC(C)C.I. The zero-order valence-electron chi connectivity index (χ0n) is 13.3. The lowest BCUT2D eigenvalue weighted by Gasteiger charge is -2.13. The Morgan fingerprint density at radius 3 is 2.71 bits per heavy atom. The Kier molecular flexibility index (Phi) is 11.7. The lowest BCUT2D eigenvalue weighted by molar-refractivity contribution is -0.121. The van der Waals surface area contributed by atoms with E-state index in [0.717, 1.165) is 32.0 Å². The Morgan fingerprint density at radius 1 is 1.38 bits per heavy atom. The molecule has 1 unspecified atom stereocenters. The summed E-state index contributed by atoms with van der Waals surface area (Å²) in [5.74, 6) is 0.808. The van der Waals surface area contributed by atoms with Crippen molar-refractivity contribution in [3.8, 4) is 0 Å². The molecular weight excluding hydrogens is 383 g/mol. The predicted octanol–water partition coefficient (Wildman–Crippen LogP) is 1.25. The van der Waals surface area contributed by atoms with Gasteiger partial charge < -0.3 is 20.7 Å². The Hall–Kier alpha value is -0.570. The van der Waals surface area contributed by atoms with Crippen LogP contribution in [0.25, 0.3) is 0 Å². The number of guanidine groups is 1. The molecule has 1 fully saturated rings. The van der Waals surface area contributed by atoms with E-state index in [-0.39, 0.29) is 42.0 Å². The van der Waals surface area contributed by atoms with E-state index >= 15 is 0 Å². The molecule has 0 aromatic carbocycles. The van der Waals surface area contributed by atoms with E-state index in [1.807, 2.05) is 20.8 Å². The summed E-state index contributed by atoms with van der Waals surface area (Å²) in [5.41, 5.74) is 0. The van der Waals surface area contributed by atoms with Crippen molar-refractivity contribution in [2.75, 3.05) is 26.2 Å². The maximum absolute atomic E-state index is 11.5. The third kappa shape index (κ3) is 9.89. The van der Waals surface area contributed by atoms with E-state index < -0.39 is 0 Å². The Bertz CT molecular complexity index is 318. The van der Waals surface area contributed by atoms with Crippen molar-refractivity contribution in [3.05, 3.63) is 0 Å². The molecule has 1 aliphatic heterocycles. The zero-order chi connectivity index (χ0) is 14.8. The number of nitrogens with zero attached hydrogens (tertiary/aromatic N) is 1. The number of aliphatic imine (C=N–C) groups is 1. The van der Waals surface area contributed by atoms with Crippen LogP contribution in [0.3, 0.4) is 0 Å². The highest BCUT2D eigenvalue weighted by Gasteiger charge is 2.14. The van der Waals surface area contributed by atoms with Crippen molar-refractivity contribution in [1.82, 2.24) is 16.0 Å². The summed E-state index contributed by atoms with van der Waals surface area (Å²) in [6.45, 7) is 8.84. The summed E-state index contributed by atoms with van der Waals surface area (Å²) in [7, 11) is 0. The minimum absolute atomic E-state index is 0. The van der Waals surface area contributed by atoms with Crippen molar-refractivity contribution in [2.45, 2.75) is 52.2 Å². The molecule has 0 aromatic heterocycles. The molecule has 0 saturated carbocycles. The van der Waals surface area contributed by atoms with Gasteiger partial charge >= 0.3 is 0 Å². The Balaban J connectivity index is 0.00000400. The molecule has 0 aromatic rings. The van der Waals surface area contributed by atoms with Gasteiger partial charge in [0.2, 0.25) is 5.91 Å². The second-order valence-electron chi connectivity index (χ2n) is 5.25. The van der Waals surface area contributed by atoms with Gasteiger partial charge in [-0.3, -0.25) is 9.79 Å². The highest BCUT2D eigenvalue weighted by atomic mass is 127. The molecule has 124 valence electrons. The van der Waals surface area contributed by atoms with Gasteiger partial charge in [0.25, 0.3) is 0 Å². The highest BCUT2D eigenvalue weighted by Crippen LogP contribution is 2.11. The minimum Gasteiger partial charge on any atom is -0.376 e. The van der Waals surface area contributed by atoms with Crippen LogP contribution in [0.2, 0.25) is 0 Å². The van der Waals surface area contributed by atoms with Gasteiger partial charge in [0, 0.05) is 32.2 Å². The van der Waals surface area contributed by atoms with Crippen LogP contribution in [0.15, 0.2) is 4.99 Å². The van der Waals surface area contributed by atoms with E-state index in [1.165, 1.54) is 0 Å². The fourth-order valence-electron chi connectivity index (χ4n) is 2.01. The monoisotopic (exact) mass is 412 g/mol. The molecule has 1 aliphatic rings. The molecule has 1 atom stereocenters. The second kappa shape index (κ2) is 12.0. The van der Waals surface area contributed by atoms with Gasteiger partial charge in [0.15, 0.2) is 5.96 Å². The molecule has 1 rings (SSSR count). The van der Waals surface area contributed by atoms with Crippen LogP contribution in [0.1, 0.15) is 40.0 Å². The van der Waals surface area contributed by atoms with Gasteiger partial charge in [-0.15, -0.1) is 24.0 Å². The lowest BCUT2D eigenvalue weighted by atomic mass is 10.2. The van der Waals surface area contributed by atoms with Crippen molar-refractivity contribution in [2.24, 2.45) is 4.99 Å². The van der Waals surface area contributed by atoms with Crippen molar-refractivity contribution in [3.63, 3.8) is 0 Å². The third-order valence-corrected chi connectivity index (χ3v) is 2.92. The molecule has 7 heteroatoms. The average Bonchev–Trinajstić information content (AvgIpc) is 2.88. The first-order valence-corrected chi connectivity index (χ1v) is 7.55. The molecule has 0 spiro atoms. The Morgan fingerprint density at radius 2 is 2.14 bits per heavy atom. The summed E-state index contributed by atoms with van der Waals surface area (Å²) in [5, 5.41) is 9.21. The van der Waals surface area contributed by atoms with E-state index in [1.54, 1.807) is 0 Å². The first-order valence-electron chi connectivity index (χ1n) is 7.55. The molecule has 3 N–H and O–H groups in total. The molecule has 1 amide bonds. The first kappa shape index (κ1) is 20.4. The predicted molar refractivity (Wildman–Crippen MR) is 96.3 cm³/mol. The zero-order valence-corrected chi connectivity index (χ0v) is 15.6. The second-order valence-corrected chi connectivity index (χ2v) is 5.25. The lowest BCUT2D eigenvalue weighted by Crippen LogP contribution is -2.40. The molecule has 0 aliphatic carbocycles. The van der Waals surface area contributed by atoms with Crippen molar-refractivity contribution in [1.29, 1.82) is 0 Å². The van der Waals surface area contributed by atoms with Gasteiger partial charge in [-0.2, -0.15) is 0 Å². The number of rotatable bonds is 7. The molecule has 6 nitrogen and oxygen atoms in total. The fraction of sp³-hybridized carbons (Fsp3) is 0.857. The summed E-state index contributed by atoms with van der Waals surface area (Å²) in [6.07, 6.45) is 2.90. The summed E-state index contributed by atoms with van der Waals surface area (Å²) >= 11 is 0. The van der Waals surface area contributed by atoms with Gasteiger partial charge in [0.1, 0.15) is 0 Å². The van der Waals surface area contributed by atoms with Crippen LogP contribution in [-0.4, -0.2) is 50.3 Å². The molecule has 1 heterocycles. The van der Waals surface area contributed by atoms with E-state index in [4.69, 9.17) is 4.74 Å². The van der Waals surface area contributed by atoms with Crippen LogP contribution in [-0.2, 0) is 9.53 Å². The van der Waals surface area contributed by atoms with Gasteiger partial charge in [-0.25, -0.2) is 0 Å². The number of carbonyl (C=O) groups excluding carboxylic acids is 1. The number of carbonyl (C=O) groups is 1. The largest absolute Gasteiger partial charge is 0.376 e. The quantitative estimate of drug-likeness (QED) is 0.334. The number of hydrogen-bond donors (Lipinski definition) is 3. The third-order valence-electron chi connectivity index (χ3n) is 2.92. The molecule has 21 heavy (non-hydrogen) atoms. The average molecular weight is 412 g/mol. The molecule has 1 saturated heterocycles. The van der Waals surface area contributed by atoms with Crippen LogP contribution < -0.4 is 16.0 Å². The van der Waals surface area contributed by atoms with E-state index in [2.05, 4.69) is 20.9 Å². The van der Waals surface area contributed by atoms with Crippen LogP contribution in [0.4, 0.5) is 0 Å². The normalized spacial score (nSPS) is 18.3. The standard InChI is InChI=1S/C14H28N4O2.HI/c1-4-15-14(17-10-12-6-5-9-20-12)16-8-7-13(19)18-11(2)3;/h11-12H,4-10H2,1-3H3,(H,18,19)(H2,15,16,17);1H. The van der Waals surface area contributed by atoms with Crippen molar-refractivity contribution < 1.29 is 9.53 Å². The number of ether oxygens (including phenoxy) is 1. The van der Waals surface area contributed by atoms with Crippen LogP contribution in [0.5, 0.6) is 0 Å². The van der Waals surface area contributed by atoms with E-state index in [9.17, 15) is 4.79 Å². The smallest absolute Gasteiger partial charge is 0.221 e. The molecule has 0 bridgehead atoms. The summed E-state index contributed by atoms with van der Waals surface area (Å²) < 4.78 is 5.54. The van der Waals surface area contributed by atoms with E-state index in [0.29, 0.717) is 19.5 Å². The number of amides is 1. The topological polar surface area (TPSA) is 74.8 Å². The maximum Gasteiger partial charge on any atom is 0.221 e. The number of nitrogens with one attached hydrogen (secondary N) is 3. The Labute approximate surface area is 144 Å². The summed E-state index contributed by atoms with van der Waals surface area (Å²) in [6, 6.07) is 0.184. The minimum atomic E-state index is 0. The van der Waals surface area contributed by atoms with Crippen LogP contribution >= 0.6 is 24.0 Å². The van der Waals surface area contributed by atoms with Gasteiger partial charge in [-0.1, -0.05) is 0 Å². The first-order chi connectivity index (χ1) is 9.61. The maximum atomic E-state index is 11.5. The van der Waals surface area contributed by atoms with Crippen molar-refractivity contribution >= 4 is 35.8 Å².